The zero-order valence-electron chi connectivity index (χ0n) is 15.1. The second kappa shape index (κ2) is 5.08. The normalized spacial score (nSPS) is 59.2. The Morgan fingerprint density at radius 2 is 1.70 bits per heavy atom. The molecule has 130 valence electrons. The van der Waals surface area contributed by atoms with E-state index >= 15 is 0 Å². The van der Waals surface area contributed by atoms with Crippen LogP contribution in [0.15, 0.2) is 12.2 Å². The molecule has 2 heteroatoms. The van der Waals surface area contributed by atoms with Gasteiger partial charge in [-0.15, -0.1) is 0 Å². The van der Waals surface area contributed by atoms with Gasteiger partial charge in [-0.1, -0.05) is 39.3 Å². The van der Waals surface area contributed by atoms with Crippen LogP contribution >= 0.6 is 0 Å². The molecule has 4 rings (SSSR count). The molecule has 2 nitrogen and oxygen atoms in total. The topological polar surface area (TPSA) is 40.5 Å². The summed E-state index contributed by atoms with van der Waals surface area (Å²) >= 11 is 0. The summed E-state index contributed by atoms with van der Waals surface area (Å²) in [5, 5.41) is 22.1. The zero-order valence-corrected chi connectivity index (χ0v) is 15.1. The van der Waals surface area contributed by atoms with Gasteiger partial charge in [0.15, 0.2) is 0 Å². The lowest BCUT2D eigenvalue weighted by Gasteiger charge is -2.63. The van der Waals surface area contributed by atoms with E-state index in [1.165, 1.54) is 31.3 Å². The van der Waals surface area contributed by atoms with Crippen molar-refractivity contribution >= 4 is 0 Å². The van der Waals surface area contributed by atoms with Gasteiger partial charge in [0.1, 0.15) is 0 Å². The molecule has 0 aromatic carbocycles. The maximum absolute atomic E-state index is 11.1. The number of rotatable bonds is 0. The third-order valence-corrected chi connectivity index (χ3v) is 8.97. The molecule has 2 N–H and O–H groups in total. The van der Waals surface area contributed by atoms with Gasteiger partial charge < -0.3 is 10.2 Å². The zero-order chi connectivity index (χ0) is 16.6. The minimum atomic E-state index is -0.529. The molecule has 4 saturated carbocycles. The van der Waals surface area contributed by atoms with Crippen LogP contribution in [0, 0.1) is 40.4 Å². The molecule has 0 spiro atoms. The summed E-state index contributed by atoms with van der Waals surface area (Å²) in [5.74, 6) is 2.36. The second-order valence-corrected chi connectivity index (χ2v) is 9.86. The maximum Gasteiger partial charge on any atom is 0.0835 e. The van der Waals surface area contributed by atoms with Gasteiger partial charge in [-0.3, -0.25) is 0 Å². The Balaban J connectivity index is 1.73. The van der Waals surface area contributed by atoms with E-state index in [2.05, 4.69) is 27.4 Å². The van der Waals surface area contributed by atoms with Crippen molar-refractivity contribution in [1.29, 1.82) is 0 Å². The molecule has 0 bridgehead atoms. The highest BCUT2D eigenvalue weighted by Gasteiger charge is 2.63. The van der Waals surface area contributed by atoms with Gasteiger partial charge in [0.2, 0.25) is 0 Å². The van der Waals surface area contributed by atoms with Crippen molar-refractivity contribution in [3.8, 4) is 0 Å². The predicted molar refractivity (Wildman–Crippen MR) is 92.8 cm³/mol. The Labute approximate surface area is 141 Å². The lowest BCUT2D eigenvalue weighted by atomic mass is 9.43. The second-order valence-electron chi connectivity index (χ2n) is 9.86. The van der Waals surface area contributed by atoms with E-state index in [-0.39, 0.29) is 22.7 Å². The van der Waals surface area contributed by atoms with Crippen molar-refractivity contribution in [1.82, 2.24) is 0 Å². The van der Waals surface area contributed by atoms with Crippen molar-refractivity contribution in [3.05, 3.63) is 12.2 Å². The van der Waals surface area contributed by atoms with Gasteiger partial charge >= 0.3 is 0 Å². The first-order chi connectivity index (χ1) is 10.8. The first-order valence-corrected chi connectivity index (χ1v) is 9.83. The molecule has 0 aliphatic heterocycles. The molecule has 23 heavy (non-hydrogen) atoms. The highest BCUT2D eigenvalue weighted by atomic mass is 16.3. The van der Waals surface area contributed by atoms with Crippen molar-refractivity contribution in [3.63, 3.8) is 0 Å². The Morgan fingerprint density at radius 1 is 0.957 bits per heavy atom. The summed E-state index contributed by atoms with van der Waals surface area (Å²) < 4.78 is 0. The van der Waals surface area contributed by atoms with E-state index < -0.39 is 12.2 Å². The van der Waals surface area contributed by atoms with Crippen molar-refractivity contribution < 1.29 is 10.2 Å². The third kappa shape index (κ3) is 2.00. The van der Waals surface area contributed by atoms with Gasteiger partial charge in [0.05, 0.1) is 12.2 Å². The average Bonchev–Trinajstić information content (AvgIpc) is 2.82. The van der Waals surface area contributed by atoms with E-state index in [1.54, 1.807) is 0 Å². The van der Waals surface area contributed by atoms with Crippen LogP contribution in [0.3, 0.4) is 0 Å². The van der Waals surface area contributed by atoms with E-state index in [9.17, 15) is 10.2 Å². The van der Waals surface area contributed by atoms with Gasteiger partial charge in [0.25, 0.3) is 0 Å². The molecule has 9 atom stereocenters. The smallest absolute Gasteiger partial charge is 0.0835 e. The summed E-state index contributed by atoms with van der Waals surface area (Å²) in [6, 6.07) is 0. The number of aliphatic hydroxyl groups excluding tert-OH is 2. The first kappa shape index (κ1) is 16.1. The van der Waals surface area contributed by atoms with Crippen LogP contribution in [0.5, 0.6) is 0 Å². The fraction of sp³-hybridized carbons (Fsp3) is 0.905. The fourth-order valence-corrected chi connectivity index (χ4v) is 7.37. The summed E-state index contributed by atoms with van der Waals surface area (Å²) in [4.78, 5) is 0. The van der Waals surface area contributed by atoms with Crippen LogP contribution < -0.4 is 0 Å². The standard InChI is InChI=1S/C21H34O2/c1-12-7-9-21(4)15-8-10-20(3)13(2)5-6-14(20)17(15)19(23)18(22)16(21)11-12/h12,14-19,22-23H,2,5-11H2,1,3-4H3/t12-,14?,15?,16?,17?,18+,19+,20+,21+/m0/s1. The number of hydrogen-bond acceptors (Lipinski definition) is 2. The van der Waals surface area contributed by atoms with Gasteiger partial charge in [0, 0.05) is 0 Å². The van der Waals surface area contributed by atoms with E-state index in [4.69, 9.17) is 0 Å². The molecule has 4 aliphatic carbocycles. The van der Waals surface area contributed by atoms with Crippen LogP contribution in [0.2, 0.25) is 0 Å². The molecule has 0 aromatic heterocycles. The quantitative estimate of drug-likeness (QED) is 0.658. The summed E-state index contributed by atoms with van der Waals surface area (Å²) in [7, 11) is 0. The minimum Gasteiger partial charge on any atom is -0.390 e. The molecular weight excluding hydrogens is 284 g/mol. The number of hydrogen-bond donors (Lipinski definition) is 2. The summed E-state index contributed by atoms with van der Waals surface area (Å²) in [6.45, 7) is 11.5. The molecular formula is C21H34O2. The maximum atomic E-state index is 11.1. The van der Waals surface area contributed by atoms with Crippen LogP contribution in [0.1, 0.15) is 65.7 Å². The van der Waals surface area contributed by atoms with Crippen molar-refractivity contribution in [2.24, 2.45) is 40.4 Å². The lowest BCUT2D eigenvalue weighted by molar-refractivity contribution is -0.213. The van der Waals surface area contributed by atoms with Gasteiger partial charge in [-0.05, 0) is 78.9 Å². The lowest BCUT2D eigenvalue weighted by Crippen LogP contribution is -2.63. The third-order valence-electron chi connectivity index (χ3n) is 8.97. The van der Waals surface area contributed by atoms with E-state index in [1.807, 2.05) is 0 Å². The van der Waals surface area contributed by atoms with Crippen LogP contribution in [-0.2, 0) is 0 Å². The van der Waals surface area contributed by atoms with Gasteiger partial charge in [-0.25, -0.2) is 0 Å². The first-order valence-electron chi connectivity index (χ1n) is 9.83. The monoisotopic (exact) mass is 318 g/mol. The molecule has 0 aromatic rings. The van der Waals surface area contributed by atoms with Crippen LogP contribution in [-0.4, -0.2) is 22.4 Å². The molecule has 0 saturated heterocycles. The number of aliphatic hydroxyl groups is 2. The molecule has 4 aliphatic rings. The molecule has 0 amide bonds. The Hall–Kier alpha value is -0.340. The Kier molecular flexibility index (Phi) is 3.57. The van der Waals surface area contributed by atoms with Gasteiger partial charge in [-0.2, -0.15) is 0 Å². The van der Waals surface area contributed by atoms with E-state index in [0.29, 0.717) is 17.8 Å². The van der Waals surface area contributed by atoms with E-state index in [0.717, 1.165) is 19.3 Å². The predicted octanol–water partition coefficient (Wildman–Crippen LogP) is 4.16. The summed E-state index contributed by atoms with van der Waals surface area (Å²) in [6.07, 6.45) is 7.27. The number of allylic oxidation sites excluding steroid dienone is 1. The minimum absolute atomic E-state index is 0.201. The Bertz CT molecular complexity index is 514. The molecule has 4 unspecified atom stereocenters. The SMILES string of the molecule is C=C1CCC2C3C(CC[C@]12C)[C@@]1(C)CC[C@H](C)CC1[C@@H](O)[C@@H]3O. The highest BCUT2D eigenvalue weighted by molar-refractivity contribution is 5.23. The number of fused-ring (bicyclic) bond motifs is 5. The fourth-order valence-electron chi connectivity index (χ4n) is 7.37. The molecule has 0 radical (unpaired) electrons. The average molecular weight is 319 g/mol. The van der Waals surface area contributed by atoms with Crippen LogP contribution in [0.4, 0.5) is 0 Å². The van der Waals surface area contributed by atoms with Crippen molar-refractivity contribution in [2.75, 3.05) is 0 Å². The van der Waals surface area contributed by atoms with Crippen molar-refractivity contribution in [2.45, 2.75) is 77.9 Å². The largest absolute Gasteiger partial charge is 0.390 e. The van der Waals surface area contributed by atoms with Crippen LogP contribution in [0.25, 0.3) is 0 Å². The molecule has 4 fully saturated rings. The Morgan fingerprint density at radius 3 is 2.43 bits per heavy atom. The summed E-state index contributed by atoms with van der Waals surface area (Å²) in [5.41, 5.74) is 1.82. The highest BCUT2D eigenvalue weighted by Crippen LogP contribution is 2.67. The molecule has 0 heterocycles.